The normalized spacial score (nSPS) is 17.4. The maximum absolute atomic E-state index is 12.8. The van der Waals surface area contributed by atoms with E-state index in [4.69, 9.17) is 14.5 Å². The molecular formula is C29H33N3O4. The van der Waals surface area contributed by atoms with E-state index < -0.39 is 0 Å². The van der Waals surface area contributed by atoms with Gasteiger partial charge in [0.1, 0.15) is 11.6 Å². The second-order valence-electron chi connectivity index (χ2n) is 10.7. The van der Waals surface area contributed by atoms with Crippen molar-refractivity contribution in [3.63, 3.8) is 0 Å². The first-order valence-electron chi connectivity index (χ1n) is 12.4. The van der Waals surface area contributed by atoms with Crippen LogP contribution in [0, 0.1) is 5.41 Å². The van der Waals surface area contributed by atoms with Crippen molar-refractivity contribution in [1.82, 2.24) is 9.55 Å². The van der Waals surface area contributed by atoms with Crippen LogP contribution in [0.3, 0.4) is 0 Å². The minimum absolute atomic E-state index is 0.0850. The zero-order chi connectivity index (χ0) is 25.6. The van der Waals surface area contributed by atoms with Crippen LogP contribution >= 0.6 is 0 Å². The highest BCUT2D eigenvalue weighted by Gasteiger charge is 2.34. The van der Waals surface area contributed by atoms with Crippen LogP contribution in [0.4, 0.5) is 5.82 Å². The van der Waals surface area contributed by atoms with Crippen molar-refractivity contribution in [3.05, 3.63) is 64.1 Å². The Balaban J connectivity index is 1.62. The second kappa shape index (κ2) is 9.21. The van der Waals surface area contributed by atoms with Crippen molar-refractivity contribution in [2.24, 2.45) is 5.41 Å². The number of rotatable bonds is 4. The predicted molar refractivity (Wildman–Crippen MR) is 141 cm³/mol. The average molecular weight is 488 g/mol. The number of carbonyl (C=O) groups excluding carboxylic acids is 1. The maximum atomic E-state index is 12.8. The van der Waals surface area contributed by atoms with Gasteiger partial charge in [-0.1, -0.05) is 20.8 Å². The third-order valence-electron chi connectivity index (χ3n) is 7.30. The quantitative estimate of drug-likeness (QED) is 0.494. The Morgan fingerprint density at radius 3 is 2.47 bits per heavy atom. The molecule has 0 saturated carbocycles. The molecule has 0 radical (unpaired) electrons. The summed E-state index contributed by atoms with van der Waals surface area (Å²) in [5, 5.41) is 0. The van der Waals surface area contributed by atoms with Crippen LogP contribution in [0.15, 0.2) is 47.5 Å². The summed E-state index contributed by atoms with van der Waals surface area (Å²) in [4.78, 5) is 31.9. The largest absolute Gasteiger partial charge is 0.496 e. The summed E-state index contributed by atoms with van der Waals surface area (Å²) in [5.74, 6) is 1.45. The van der Waals surface area contributed by atoms with Gasteiger partial charge in [0.25, 0.3) is 0 Å². The van der Waals surface area contributed by atoms with E-state index in [1.54, 1.807) is 19.4 Å². The number of carbonyl (C=O) groups is 1. The summed E-state index contributed by atoms with van der Waals surface area (Å²) in [5.41, 5.74) is 4.77. The summed E-state index contributed by atoms with van der Waals surface area (Å²) in [7, 11) is 1.66. The fourth-order valence-corrected chi connectivity index (χ4v) is 5.27. The Kier molecular flexibility index (Phi) is 6.20. The number of Topliss-reactive ketones (excluding diaryl/α,β-unsaturated/α-hetero) is 1. The van der Waals surface area contributed by atoms with E-state index in [-0.39, 0.29) is 28.2 Å². The molecule has 0 spiro atoms. The molecule has 1 unspecified atom stereocenters. The van der Waals surface area contributed by atoms with E-state index >= 15 is 0 Å². The van der Waals surface area contributed by atoms with Crippen LogP contribution in [-0.2, 0) is 11.2 Å². The molecule has 1 fully saturated rings. The van der Waals surface area contributed by atoms with Gasteiger partial charge < -0.3 is 18.9 Å². The lowest BCUT2D eigenvalue weighted by molar-refractivity contribution is 0.101. The van der Waals surface area contributed by atoms with Crippen LogP contribution in [0.25, 0.3) is 22.4 Å². The van der Waals surface area contributed by atoms with Gasteiger partial charge in [0.15, 0.2) is 11.2 Å². The Hall–Kier alpha value is -3.45. The average Bonchev–Trinajstić information content (AvgIpc) is 2.87. The monoisotopic (exact) mass is 487 g/mol. The molecule has 36 heavy (non-hydrogen) atoms. The third kappa shape index (κ3) is 4.32. The Morgan fingerprint density at radius 1 is 1.11 bits per heavy atom. The van der Waals surface area contributed by atoms with Crippen molar-refractivity contribution >= 4 is 11.6 Å². The number of ketones is 1. The molecular weight excluding hydrogens is 454 g/mol. The summed E-state index contributed by atoms with van der Waals surface area (Å²) >= 11 is 0. The van der Waals surface area contributed by atoms with Crippen molar-refractivity contribution < 1.29 is 14.3 Å². The lowest BCUT2D eigenvalue weighted by Gasteiger charge is -2.39. The van der Waals surface area contributed by atoms with Crippen LogP contribution in [0.2, 0.25) is 0 Å². The Morgan fingerprint density at radius 2 is 1.86 bits per heavy atom. The lowest BCUT2D eigenvalue weighted by Crippen LogP contribution is -2.36. The molecule has 7 heteroatoms. The number of ether oxygens (including phenoxy) is 2. The molecule has 1 saturated heterocycles. The molecule has 7 nitrogen and oxygen atoms in total. The molecule has 4 heterocycles. The van der Waals surface area contributed by atoms with Crippen LogP contribution in [0.1, 0.15) is 49.7 Å². The highest BCUT2D eigenvalue weighted by Crippen LogP contribution is 2.45. The van der Waals surface area contributed by atoms with E-state index in [1.807, 2.05) is 12.3 Å². The van der Waals surface area contributed by atoms with E-state index in [1.165, 1.54) is 6.92 Å². The molecule has 5 rings (SSSR count). The first-order valence-corrected chi connectivity index (χ1v) is 12.4. The number of pyridine rings is 2. The SMILES string of the molecule is COc1cc2c(cc1-c1ccc(N3CCOCC3)nc1)CC(C(C)(C)C)n1cc(C(C)=O)c(=O)cc1-2. The molecule has 1 atom stereocenters. The molecule has 188 valence electrons. The predicted octanol–water partition coefficient (Wildman–Crippen LogP) is 4.77. The van der Waals surface area contributed by atoms with Crippen molar-refractivity contribution in [2.75, 3.05) is 38.3 Å². The van der Waals surface area contributed by atoms with Gasteiger partial charge in [-0.2, -0.15) is 0 Å². The molecule has 2 aliphatic rings. The molecule has 0 amide bonds. The minimum Gasteiger partial charge on any atom is -0.496 e. The molecule has 1 aromatic carbocycles. The maximum Gasteiger partial charge on any atom is 0.192 e. The smallest absolute Gasteiger partial charge is 0.192 e. The summed E-state index contributed by atoms with van der Waals surface area (Å²) in [6.45, 7) is 11.1. The molecule has 0 aliphatic carbocycles. The van der Waals surface area contributed by atoms with Crippen molar-refractivity contribution in [3.8, 4) is 28.1 Å². The van der Waals surface area contributed by atoms with Crippen LogP contribution in [0.5, 0.6) is 5.75 Å². The highest BCUT2D eigenvalue weighted by atomic mass is 16.5. The van der Waals surface area contributed by atoms with Crippen molar-refractivity contribution in [1.29, 1.82) is 0 Å². The zero-order valence-electron chi connectivity index (χ0n) is 21.6. The van der Waals surface area contributed by atoms with Gasteiger partial charge in [-0.05, 0) is 48.6 Å². The molecule has 2 aromatic heterocycles. The minimum atomic E-state index is -0.250. The second-order valence-corrected chi connectivity index (χ2v) is 10.7. The number of nitrogens with zero attached hydrogens (tertiary/aromatic N) is 3. The summed E-state index contributed by atoms with van der Waals surface area (Å²) < 4.78 is 13.4. The Bertz CT molecular complexity index is 1360. The van der Waals surface area contributed by atoms with Gasteiger partial charge in [0, 0.05) is 54.3 Å². The number of hydrogen-bond donors (Lipinski definition) is 0. The number of fused-ring (bicyclic) bond motifs is 3. The number of methoxy groups -OCH3 is 1. The van der Waals surface area contributed by atoms with Gasteiger partial charge in [0.05, 0.1) is 31.6 Å². The van der Waals surface area contributed by atoms with E-state index in [9.17, 15) is 9.59 Å². The third-order valence-corrected chi connectivity index (χ3v) is 7.30. The summed E-state index contributed by atoms with van der Waals surface area (Å²) in [6, 6.07) is 10.0. The number of anilines is 1. The number of benzene rings is 1. The van der Waals surface area contributed by atoms with Crippen LogP contribution in [-0.4, -0.2) is 48.7 Å². The van der Waals surface area contributed by atoms with Gasteiger partial charge in [-0.15, -0.1) is 0 Å². The highest BCUT2D eigenvalue weighted by molar-refractivity contribution is 5.94. The molecule has 3 aromatic rings. The van der Waals surface area contributed by atoms with Gasteiger partial charge in [0.2, 0.25) is 0 Å². The topological polar surface area (TPSA) is 73.7 Å². The van der Waals surface area contributed by atoms with Crippen LogP contribution < -0.4 is 15.1 Å². The fourth-order valence-electron chi connectivity index (χ4n) is 5.27. The first kappa shape index (κ1) is 24.3. The number of aromatic nitrogens is 2. The Labute approximate surface area is 211 Å². The van der Waals surface area contributed by atoms with Crippen molar-refractivity contribution in [2.45, 2.75) is 40.2 Å². The first-order chi connectivity index (χ1) is 17.2. The zero-order valence-corrected chi connectivity index (χ0v) is 21.6. The fraction of sp³-hybridized carbons (Fsp3) is 0.414. The summed E-state index contributed by atoms with van der Waals surface area (Å²) in [6.07, 6.45) is 4.42. The van der Waals surface area contributed by atoms with E-state index in [0.717, 1.165) is 72.2 Å². The van der Waals surface area contributed by atoms with E-state index in [0.29, 0.717) is 0 Å². The number of hydrogen-bond acceptors (Lipinski definition) is 6. The van der Waals surface area contributed by atoms with Gasteiger partial charge in [-0.25, -0.2) is 4.98 Å². The molecule has 2 aliphatic heterocycles. The van der Waals surface area contributed by atoms with E-state index in [2.05, 4.69) is 48.4 Å². The standard InChI is InChI=1S/C29H33N3O4/c1-18(33)23-17-32-24(15-25(23)34)21-14-26(35-5)22(12-20(21)13-27(32)29(2,3)4)19-6-7-28(30-16-19)31-8-10-36-11-9-31/h6-7,12,14-17,27H,8-11,13H2,1-5H3. The molecule has 0 N–H and O–H groups in total. The molecule has 0 bridgehead atoms. The number of morpholine rings is 1. The van der Waals surface area contributed by atoms with Gasteiger partial charge >= 0.3 is 0 Å². The lowest BCUT2D eigenvalue weighted by atomic mass is 9.78. The van der Waals surface area contributed by atoms with Gasteiger partial charge in [-0.3, -0.25) is 9.59 Å².